The fourth-order valence-electron chi connectivity index (χ4n) is 2.22. The predicted octanol–water partition coefficient (Wildman–Crippen LogP) is 4.38. The summed E-state index contributed by atoms with van der Waals surface area (Å²) in [7, 11) is 1.33. The van der Waals surface area contributed by atoms with Gasteiger partial charge in [0.1, 0.15) is 5.01 Å². The summed E-state index contributed by atoms with van der Waals surface area (Å²) in [6.07, 6.45) is 0.898. The lowest BCUT2D eigenvalue weighted by Crippen LogP contribution is -2.32. The number of hydrogen-bond acceptors (Lipinski definition) is 5. The zero-order valence-corrected chi connectivity index (χ0v) is 16.9. The molecule has 0 aliphatic rings. The van der Waals surface area contributed by atoms with Gasteiger partial charge in [0, 0.05) is 22.0 Å². The average molecular weight is 425 g/mol. The molecule has 0 fully saturated rings. The smallest absolute Gasteiger partial charge is 0.357 e. The molecule has 1 aromatic heterocycles. The van der Waals surface area contributed by atoms with E-state index >= 15 is 0 Å². The third-order valence-corrected chi connectivity index (χ3v) is 4.93. The first kappa shape index (κ1) is 19.6. The first-order chi connectivity index (χ1) is 11.9. The number of nitrogens with zero attached hydrogens (tertiary/aromatic N) is 2. The van der Waals surface area contributed by atoms with Crippen LogP contribution in [0.5, 0.6) is 0 Å². The summed E-state index contributed by atoms with van der Waals surface area (Å²) in [5.74, 6) is -0.0222. The summed E-state index contributed by atoms with van der Waals surface area (Å²) >= 11 is 4.76. The van der Waals surface area contributed by atoms with Gasteiger partial charge in [-0.05, 0) is 30.5 Å². The Kier molecular flexibility index (Phi) is 7.13. The minimum Gasteiger partial charge on any atom is -0.464 e. The van der Waals surface area contributed by atoms with Crippen molar-refractivity contribution in [3.05, 3.63) is 50.4 Å². The van der Waals surface area contributed by atoms with Crippen LogP contribution in [-0.2, 0) is 11.3 Å². The Morgan fingerprint density at radius 1 is 1.36 bits per heavy atom. The molecule has 0 saturated carbocycles. The highest BCUT2D eigenvalue weighted by Crippen LogP contribution is 2.18. The molecule has 0 aliphatic carbocycles. The number of thiazole rings is 1. The summed E-state index contributed by atoms with van der Waals surface area (Å²) in [4.78, 5) is 30.5. The molecule has 2 rings (SSSR count). The van der Waals surface area contributed by atoms with E-state index in [9.17, 15) is 9.59 Å². The molecule has 1 heterocycles. The third-order valence-electron chi connectivity index (χ3n) is 3.61. The van der Waals surface area contributed by atoms with E-state index in [1.807, 2.05) is 18.2 Å². The van der Waals surface area contributed by atoms with Gasteiger partial charge >= 0.3 is 5.97 Å². The van der Waals surface area contributed by atoms with Crippen LogP contribution in [0.25, 0.3) is 0 Å². The first-order valence-corrected chi connectivity index (χ1v) is 9.65. The van der Waals surface area contributed by atoms with Crippen molar-refractivity contribution in [1.29, 1.82) is 0 Å². The van der Waals surface area contributed by atoms with Crippen LogP contribution < -0.4 is 0 Å². The van der Waals surface area contributed by atoms with Crippen LogP contribution in [0.3, 0.4) is 0 Å². The van der Waals surface area contributed by atoms with Crippen LogP contribution in [0.2, 0.25) is 0 Å². The number of carbonyl (C=O) groups is 2. The van der Waals surface area contributed by atoms with E-state index in [2.05, 4.69) is 39.5 Å². The maximum absolute atomic E-state index is 12.9. The zero-order chi connectivity index (χ0) is 18.4. The van der Waals surface area contributed by atoms with Crippen LogP contribution in [0.4, 0.5) is 0 Å². The summed E-state index contributed by atoms with van der Waals surface area (Å²) in [5, 5.41) is 2.37. The molecule has 0 spiro atoms. The number of halogens is 1. The molecule has 134 valence electrons. The maximum atomic E-state index is 12.9. The van der Waals surface area contributed by atoms with Crippen LogP contribution >= 0.6 is 27.3 Å². The lowest BCUT2D eigenvalue weighted by atomic mass is 10.1. The van der Waals surface area contributed by atoms with Crippen molar-refractivity contribution in [2.45, 2.75) is 26.8 Å². The van der Waals surface area contributed by atoms with Crippen molar-refractivity contribution >= 4 is 39.1 Å². The molecule has 0 atom stereocenters. The van der Waals surface area contributed by atoms with E-state index in [4.69, 9.17) is 0 Å². The minimum absolute atomic E-state index is 0.0447. The van der Waals surface area contributed by atoms with Gasteiger partial charge in [0.25, 0.3) is 5.91 Å². The Balaban J connectivity index is 2.19. The van der Waals surface area contributed by atoms with Crippen LogP contribution in [0.15, 0.2) is 34.1 Å². The van der Waals surface area contributed by atoms with Crippen LogP contribution in [0, 0.1) is 5.92 Å². The van der Waals surface area contributed by atoms with Crippen molar-refractivity contribution < 1.29 is 14.3 Å². The van der Waals surface area contributed by atoms with E-state index in [0.717, 1.165) is 10.9 Å². The van der Waals surface area contributed by atoms with Crippen LogP contribution in [-0.4, -0.2) is 35.4 Å². The van der Waals surface area contributed by atoms with Gasteiger partial charge in [0.05, 0.1) is 13.7 Å². The quantitative estimate of drug-likeness (QED) is 0.618. The van der Waals surface area contributed by atoms with Gasteiger partial charge in [-0.2, -0.15) is 0 Å². The highest BCUT2D eigenvalue weighted by Gasteiger charge is 2.19. The Morgan fingerprint density at radius 3 is 2.76 bits per heavy atom. The lowest BCUT2D eigenvalue weighted by molar-refractivity contribution is 0.0594. The molecular formula is C18H21BrN2O3S. The fourth-order valence-corrected chi connectivity index (χ4v) is 3.39. The number of amides is 1. The normalized spacial score (nSPS) is 10.8. The number of aromatic nitrogens is 1. The van der Waals surface area contributed by atoms with E-state index in [0.29, 0.717) is 29.6 Å². The van der Waals surface area contributed by atoms with E-state index in [1.165, 1.54) is 18.4 Å². The molecule has 0 bridgehead atoms. The number of rotatable bonds is 7. The Morgan fingerprint density at radius 2 is 2.12 bits per heavy atom. The highest BCUT2D eigenvalue weighted by molar-refractivity contribution is 9.10. The average Bonchev–Trinajstić information content (AvgIpc) is 3.05. The number of hydrogen-bond donors (Lipinski definition) is 0. The van der Waals surface area contributed by atoms with Gasteiger partial charge in [0.2, 0.25) is 0 Å². The molecule has 1 amide bonds. The molecule has 5 nitrogen and oxygen atoms in total. The highest BCUT2D eigenvalue weighted by atomic mass is 79.9. The summed E-state index contributed by atoms with van der Waals surface area (Å²) in [5.41, 5.74) is 0.907. The van der Waals surface area contributed by atoms with Gasteiger partial charge < -0.3 is 9.64 Å². The summed E-state index contributed by atoms with van der Waals surface area (Å²) in [6, 6.07) is 7.35. The molecule has 0 N–H and O–H groups in total. The van der Waals surface area contributed by atoms with Crippen LogP contribution in [0.1, 0.15) is 46.1 Å². The second-order valence-corrected chi connectivity index (χ2v) is 7.90. The Bertz CT molecular complexity index is 745. The maximum Gasteiger partial charge on any atom is 0.357 e. The SMILES string of the molecule is COC(=O)c1csc(CN(CCC(C)C)C(=O)c2cccc(Br)c2)n1. The molecule has 1 aromatic carbocycles. The molecule has 25 heavy (non-hydrogen) atoms. The van der Waals surface area contributed by atoms with Gasteiger partial charge in [-0.1, -0.05) is 35.8 Å². The molecule has 0 unspecified atom stereocenters. The van der Waals surface area contributed by atoms with Crippen molar-refractivity contribution in [3.8, 4) is 0 Å². The molecular weight excluding hydrogens is 404 g/mol. The number of esters is 1. The predicted molar refractivity (Wildman–Crippen MR) is 102 cm³/mol. The van der Waals surface area contributed by atoms with Crippen molar-refractivity contribution in [3.63, 3.8) is 0 Å². The number of benzene rings is 1. The summed E-state index contributed by atoms with van der Waals surface area (Å²) in [6.45, 7) is 5.26. The van der Waals surface area contributed by atoms with E-state index < -0.39 is 5.97 Å². The Labute approximate surface area is 160 Å². The molecule has 0 radical (unpaired) electrons. The van der Waals surface area contributed by atoms with Crippen molar-refractivity contribution in [1.82, 2.24) is 9.88 Å². The molecule has 2 aromatic rings. The first-order valence-electron chi connectivity index (χ1n) is 7.98. The monoisotopic (exact) mass is 424 g/mol. The second kappa shape index (κ2) is 9.10. The number of carbonyl (C=O) groups excluding carboxylic acids is 2. The van der Waals surface area contributed by atoms with Crippen molar-refractivity contribution in [2.24, 2.45) is 5.92 Å². The second-order valence-electron chi connectivity index (χ2n) is 6.04. The van der Waals surface area contributed by atoms with Gasteiger partial charge in [-0.15, -0.1) is 11.3 Å². The minimum atomic E-state index is -0.463. The van der Waals surface area contributed by atoms with Gasteiger partial charge in [0.15, 0.2) is 5.69 Å². The molecule has 0 aliphatic heterocycles. The topological polar surface area (TPSA) is 59.5 Å². The fraction of sp³-hybridized carbons (Fsp3) is 0.389. The lowest BCUT2D eigenvalue weighted by Gasteiger charge is -2.23. The van der Waals surface area contributed by atoms with Gasteiger partial charge in [-0.25, -0.2) is 9.78 Å². The number of ether oxygens (including phenoxy) is 1. The van der Waals surface area contributed by atoms with Gasteiger partial charge in [-0.3, -0.25) is 4.79 Å². The Hall–Kier alpha value is -1.73. The van der Waals surface area contributed by atoms with Crippen molar-refractivity contribution in [2.75, 3.05) is 13.7 Å². The largest absolute Gasteiger partial charge is 0.464 e. The zero-order valence-electron chi connectivity index (χ0n) is 14.5. The molecule has 0 saturated heterocycles. The van der Waals surface area contributed by atoms with E-state index in [-0.39, 0.29) is 11.6 Å². The number of methoxy groups -OCH3 is 1. The standard InChI is InChI=1S/C18H21BrN2O3S/c1-12(2)7-8-21(17(22)13-5-4-6-14(19)9-13)10-16-20-15(11-25-16)18(23)24-3/h4-6,9,11-12H,7-8,10H2,1-3H3. The third kappa shape index (κ3) is 5.64. The molecule has 7 heteroatoms. The van der Waals surface area contributed by atoms with E-state index in [1.54, 1.807) is 16.3 Å². The summed E-state index contributed by atoms with van der Waals surface area (Å²) < 4.78 is 5.55.